The largest absolute Gasteiger partial charge is 0.306 e. The first-order chi connectivity index (χ1) is 9.31. The van der Waals surface area contributed by atoms with Gasteiger partial charge in [0, 0.05) is 6.20 Å². The number of carbonyl (C=O) groups excluding carboxylic acids is 1. The molecule has 3 rings (SSSR count). The van der Waals surface area contributed by atoms with Gasteiger partial charge in [-0.3, -0.25) is 10.2 Å². The van der Waals surface area contributed by atoms with Crippen molar-refractivity contribution in [1.82, 2.24) is 10.9 Å². The molecule has 0 radical (unpaired) electrons. The lowest BCUT2D eigenvalue weighted by molar-refractivity contribution is -0.121. The molecular weight excluding hydrogens is 236 g/mol. The predicted molar refractivity (Wildman–Crippen MR) is 75.0 cm³/mol. The molecule has 3 heteroatoms. The Bertz CT molecular complexity index is 481. The summed E-state index contributed by atoms with van der Waals surface area (Å²) < 4.78 is 0. The van der Waals surface area contributed by atoms with Gasteiger partial charge in [-0.25, -0.2) is 0 Å². The van der Waals surface area contributed by atoms with Gasteiger partial charge in [-0.2, -0.15) is 0 Å². The maximum Gasteiger partial charge on any atom is 0.242 e. The highest BCUT2D eigenvalue weighted by Gasteiger charge is 2.35. The third kappa shape index (κ3) is 2.98. The molecule has 1 amide bonds. The van der Waals surface area contributed by atoms with Crippen LogP contribution in [0.1, 0.15) is 31.2 Å². The summed E-state index contributed by atoms with van der Waals surface area (Å²) in [5, 5.41) is 0. The molecule has 0 aromatic heterocycles. The Morgan fingerprint density at radius 1 is 1.26 bits per heavy atom. The molecule has 0 saturated heterocycles. The van der Waals surface area contributed by atoms with Crippen LogP contribution in [0, 0.1) is 11.8 Å². The second-order valence-corrected chi connectivity index (χ2v) is 5.65. The molecule has 0 heterocycles. The van der Waals surface area contributed by atoms with Gasteiger partial charge in [0.1, 0.15) is 0 Å². The van der Waals surface area contributed by atoms with E-state index in [1.54, 1.807) is 0 Å². The number of carbonyl (C=O) groups is 1. The molecule has 0 spiro atoms. The number of nitrogens with one attached hydrogen (secondary N) is 2. The Morgan fingerprint density at radius 2 is 2.11 bits per heavy atom. The van der Waals surface area contributed by atoms with Crippen LogP contribution in [0.5, 0.6) is 0 Å². The summed E-state index contributed by atoms with van der Waals surface area (Å²) in [6.45, 7) is 0. The van der Waals surface area contributed by atoms with E-state index >= 15 is 0 Å². The fourth-order valence-corrected chi connectivity index (χ4v) is 3.31. The van der Waals surface area contributed by atoms with E-state index in [9.17, 15) is 4.79 Å². The predicted octanol–water partition coefficient (Wildman–Crippen LogP) is 2.55. The van der Waals surface area contributed by atoms with Crippen molar-refractivity contribution in [1.29, 1.82) is 0 Å². The average Bonchev–Trinajstić information content (AvgIpc) is 3.02. The molecule has 2 aliphatic carbocycles. The normalized spacial score (nSPS) is 26.6. The van der Waals surface area contributed by atoms with Crippen molar-refractivity contribution in [2.75, 3.05) is 0 Å². The van der Waals surface area contributed by atoms with E-state index < -0.39 is 0 Å². The molecule has 2 N–H and O–H groups in total. The number of hydrazine groups is 1. The van der Waals surface area contributed by atoms with Crippen LogP contribution in [-0.4, -0.2) is 5.91 Å². The van der Waals surface area contributed by atoms with Crippen LogP contribution in [0.3, 0.4) is 0 Å². The van der Waals surface area contributed by atoms with Crippen LogP contribution in [0.25, 0.3) is 0 Å². The molecule has 0 aliphatic heterocycles. The van der Waals surface area contributed by atoms with Gasteiger partial charge in [0.05, 0.1) is 6.42 Å². The topological polar surface area (TPSA) is 41.1 Å². The minimum absolute atomic E-state index is 0.00575. The van der Waals surface area contributed by atoms with Crippen molar-refractivity contribution >= 4 is 5.91 Å². The molecule has 19 heavy (non-hydrogen) atoms. The number of fused-ring (bicyclic) bond motifs is 2. The first-order valence-electron chi connectivity index (χ1n) is 7.08. The molecule has 2 fully saturated rings. The standard InChI is InChI=1S/C16H20N2O/c19-16(10-12-4-2-1-3-5-12)18-17-11-15-9-13-6-7-14(15)8-13/h1-5,11,13-14,17H,6-10H2,(H,18,19)/b15-11-/t13-,14+/m1/s1. The van der Waals surface area contributed by atoms with E-state index in [1.165, 1.54) is 31.3 Å². The van der Waals surface area contributed by atoms with Crippen LogP contribution in [0.4, 0.5) is 0 Å². The first-order valence-corrected chi connectivity index (χ1v) is 7.08. The average molecular weight is 256 g/mol. The molecule has 100 valence electrons. The van der Waals surface area contributed by atoms with Crippen molar-refractivity contribution in [3.63, 3.8) is 0 Å². The minimum Gasteiger partial charge on any atom is -0.306 e. The van der Waals surface area contributed by atoms with Crippen molar-refractivity contribution in [3.8, 4) is 0 Å². The number of hydrogen-bond acceptors (Lipinski definition) is 2. The van der Waals surface area contributed by atoms with Crippen molar-refractivity contribution in [2.24, 2.45) is 11.8 Å². The number of allylic oxidation sites excluding steroid dienone is 1. The van der Waals surface area contributed by atoms with Crippen LogP contribution in [-0.2, 0) is 11.2 Å². The van der Waals surface area contributed by atoms with Gasteiger partial charge in [0.15, 0.2) is 0 Å². The molecule has 3 nitrogen and oxygen atoms in total. The van der Waals surface area contributed by atoms with Crippen LogP contribution >= 0.6 is 0 Å². The lowest BCUT2D eigenvalue weighted by Crippen LogP contribution is -2.35. The highest BCUT2D eigenvalue weighted by Crippen LogP contribution is 2.47. The zero-order valence-electron chi connectivity index (χ0n) is 11.1. The second kappa shape index (κ2) is 5.47. The summed E-state index contributed by atoms with van der Waals surface area (Å²) in [4.78, 5) is 11.7. The number of rotatable bonds is 4. The highest BCUT2D eigenvalue weighted by atomic mass is 16.2. The van der Waals surface area contributed by atoms with Gasteiger partial charge in [-0.1, -0.05) is 30.3 Å². The van der Waals surface area contributed by atoms with E-state index in [4.69, 9.17) is 0 Å². The Balaban J connectivity index is 1.45. The summed E-state index contributed by atoms with van der Waals surface area (Å²) in [7, 11) is 0. The lowest BCUT2D eigenvalue weighted by Gasteiger charge is -2.13. The summed E-state index contributed by atoms with van der Waals surface area (Å²) >= 11 is 0. The highest BCUT2D eigenvalue weighted by molar-refractivity contribution is 5.78. The molecule has 1 aromatic rings. The van der Waals surface area contributed by atoms with Crippen molar-refractivity contribution in [2.45, 2.75) is 32.1 Å². The van der Waals surface area contributed by atoms with E-state index in [0.717, 1.165) is 17.4 Å². The van der Waals surface area contributed by atoms with Gasteiger partial charge in [-0.15, -0.1) is 0 Å². The van der Waals surface area contributed by atoms with Crippen LogP contribution < -0.4 is 10.9 Å². The summed E-state index contributed by atoms with van der Waals surface area (Å²) in [6.07, 6.45) is 7.71. The molecule has 1 aromatic carbocycles. The minimum atomic E-state index is 0.00575. The van der Waals surface area contributed by atoms with Gasteiger partial charge in [0.25, 0.3) is 0 Å². The van der Waals surface area contributed by atoms with E-state index in [2.05, 4.69) is 10.9 Å². The molecule has 2 bridgehead atoms. The van der Waals surface area contributed by atoms with E-state index in [-0.39, 0.29) is 5.91 Å². The quantitative estimate of drug-likeness (QED) is 0.813. The molecule has 2 aliphatic rings. The third-order valence-corrected chi connectivity index (χ3v) is 4.27. The maximum atomic E-state index is 11.7. The fourth-order valence-electron chi connectivity index (χ4n) is 3.31. The maximum absolute atomic E-state index is 11.7. The van der Waals surface area contributed by atoms with E-state index in [0.29, 0.717) is 6.42 Å². The molecule has 0 unspecified atom stereocenters. The Labute approximate surface area is 114 Å². The molecule has 2 atom stereocenters. The zero-order valence-corrected chi connectivity index (χ0v) is 11.1. The Hall–Kier alpha value is -1.77. The lowest BCUT2D eigenvalue weighted by atomic mass is 9.96. The smallest absolute Gasteiger partial charge is 0.242 e. The number of hydrogen-bond donors (Lipinski definition) is 2. The number of amides is 1. The molecule has 2 saturated carbocycles. The Morgan fingerprint density at radius 3 is 2.79 bits per heavy atom. The summed E-state index contributed by atoms with van der Waals surface area (Å²) in [5.41, 5.74) is 8.24. The monoisotopic (exact) mass is 256 g/mol. The van der Waals surface area contributed by atoms with Crippen molar-refractivity contribution < 1.29 is 4.79 Å². The Kier molecular flexibility index (Phi) is 3.53. The van der Waals surface area contributed by atoms with Gasteiger partial charge in [-0.05, 0) is 48.7 Å². The summed E-state index contributed by atoms with van der Waals surface area (Å²) in [6, 6.07) is 9.79. The zero-order chi connectivity index (χ0) is 13.1. The second-order valence-electron chi connectivity index (χ2n) is 5.65. The van der Waals surface area contributed by atoms with Gasteiger partial charge >= 0.3 is 0 Å². The van der Waals surface area contributed by atoms with Crippen LogP contribution in [0.2, 0.25) is 0 Å². The summed E-state index contributed by atoms with van der Waals surface area (Å²) in [5.74, 6) is 1.67. The van der Waals surface area contributed by atoms with E-state index in [1.807, 2.05) is 36.5 Å². The third-order valence-electron chi connectivity index (χ3n) is 4.27. The SMILES string of the molecule is O=C(Cc1ccccc1)NN/C=C1/C[C@@H]2CC[C@H]1C2. The molecular formula is C16H20N2O. The first kappa shape index (κ1) is 12.3. The van der Waals surface area contributed by atoms with Gasteiger partial charge in [0.2, 0.25) is 5.91 Å². The fraction of sp³-hybridized carbons (Fsp3) is 0.438. The van der Waals surface area contributed by atoms with Crippen molar-refractivity contribution in [3.05, 3.63) is 47.7 Å². The number of benzene rings is 1. The van der Waals surface area contributed by atoms with Crippen LogP contribution in [0.15, 0.2) is 42.1 Å². The van der Waals surface area contributed by atoms with Gasteiger partial charge < -0.3 is 5.43 Å².